The molecular formula is C22H20Cl2IN3O. The molecule has 4 rings (SSSR count). The molecule has 29 heavy (non-hydrogen) atoms. The van der Waals surface area contributed by atoms with Crippen LogP contribution in [0.25, 0.3) is 0 Å². The third kappa shape index (κ3) is 3.57. The van der Waals surface area contributed by atoms with Crippen molar-refractivity contribution in [1.82, 2.24) is 9.55 Å². The van der Waals surface area contributed by atoms with Gasteiger partial charge >= 0.3 is 0 Å². The molecule has 7 heteroatoms. The van der Waals surface area contributed by atoms with Gasteiger partial charge in [-0.15, -0.1) is 0 Å². The molecule has 4 nitrogen and oxygen atoms in total. The lowest BCUT2D eigenvalue weighted by Gasteiger charge is -2.27. The summed E-state index contributed by atoms with van der Waals surface area (Å²) in [4.78, 5) is 20.2. The van der Waals surface area contributed by atoms with E-state index in [0.717, 1.165) is 17.1 Å². The minimum Gasteiger partial charge on any atom is -0.311 e. The number of hydrogen-bond donors (Lipinski definition) is 0. The molecule has 0 N–H and O–H groups in total. The fourth-order valence-corrected chi connectivity index (χ4v) is 5.37. The number of carbonyl (C=O) groups excluding carboxylic acids is 1. The second-order valence-corrected chi connectivity index (χ2v) is 10.1. The fraction of sp³-hybridized carbons (Fsp3) is 0.273. The minimum absolute atomic E-state index is 0.00485. The number of anilines is 1. The van der Waals surface area contributed by atoms with Crippen molar-refractivity contribution < 1.29 is 4.79 Å². The lowest BCUT2D eigenvalue weighted by Crippen LogP contribution is -2.39. The van der Waals surface area contributed by atoms with Crippen molar-refractivity contribution in [3.8, 4) is 0 Å². The van der Waals surface area contributed by atoms with Gasteiger partial charge in [0.05, 0.1) is 6.04 Å². The van der Waals surface area contributed by atoms with Gasteiger partial charge in [0.15, 0.2) is 3.55 Å². The van der Waals surface area contributed by atoms with Gasteiger partial charge < -0.3 is 9.47 Å². The number of rotatable bonds is 4. The van der Waals surface area contributed by atoms with Crippen molar-refractivity contribution in [3.63, 3.8) is 0 Å². The monoisotopic (exact) mass is 539 g/mol. The van der Waals surface area contributed by atoms with Crippen LogP contribution in [-0.2, 0) is 8.34 Å². The molecule has 0 saturated carbocycles. The Morgan fingerprint density at radius 1 is 1.14 bits per heavy atom. The van der Waals surface area contributed by atoms with Crippen LogP contribution in [0, 0.1) is 0 Å². The molecule has 1 aliphatic rings. The van der Waals surface area contributed by atoms with Crippen LogP contribution in [-0.4, -0.2) is 15.5 Å². The summed E-state index contributed by atoms with van der Waals surface area (Å²) >= 11 is 14.9. The summed E-state index contributed by atoms with van der Waals surface area (Å²) in [6, 6.07) is 14.9. The van der Waals surface area contributed by atoms with Gasteiger partial charge in [0, 0.05) is 40.5 Å². The van der Waals surface area contributed by atoms with Crippen molar-refractivity contribution in [2.24, 2.45) is 0 Å². The Bertz CT molecular complexity index is 1050. The van der Waals surface area contributed by atoms with Gasteiger partial charge in [-0.1, -0.05) is 55.2 Å². The van der Waals surface area contributed by atoms with Gasteiger partial charge in [0.2, 0.25) is 0 Å². The summed E-state index contributed by atoms with van der Waals surface area (Å²) in [5, 5.41) is 1.28. The molecule has 0 aliphatic carbocycles. The van der Waals surface area contributed by atoms with E-state index in [4.69, 9.17) is 23.2 Å². The van der Waals surface area contributed by atoms with E-state index in [1.54, 1.807) is 18.3 Å². The summed E-state index contributed by atoms with van der Waals surface area (Å²) in [5.74, 6) is 1.10. The lowest BCUT2D eigenvalue weighted by molar-refractivity contribution is -0.120. The van der Waals surface area contributed by atoms with Crippen LogP contribution in [0.5, 0.6) is 0 Å². The van der Waals surface area contributed by atoms with Crippen LogP contribution in [0.3, 0.4) is 0 Å². The standard InChI is InChI=1S/C22H20Cl2IN3O/c1-14(2)20-26-11-12-27(20)22(25)13-19(17-5-3-4-6-18(17)24)28(21(22)29)16-9-7-15(23)8-10-16/h3-12,14,19H,13H2,1-2H3/t19-,22+/m1/s1. The summed E-state index contributed by atoms with van der Waals surface area (Å²) in [6.45, 7) is 4.17. The van der Waals surface area contributed by atoms with Gasteiger partial charge in [0.1, 0.15) is 5.82 Å². The Hall–Kier alpha value is -1.57. The predicted molar refractivity (Wildman–Crippen MR) is 126 cm³/mol. The van der Waals surface area contributed by atoms with E-state index in [0.29, 0.717) is 16.5 Å². The normalized spacial score (nSPS) is 21.9. The summed E-state index contributed by atoms with van der Waals surface area (Å²) in [7, 11) is 0. The quantitative estimate of drug-likeness (QED) is 0.277. The van der Waals surface area contributed by atoms with Crippen molar-refractivity contribution in [3.05, 3.63) is 82.4 Å². The van der Waals surface area contributed by atoms with E-state index in [1.165, 1.54) is 0 Å². The highest BCUT2D eigenvalue weighted by atomic mass is 127. The molecule has 0 spiro atoms. The third-order valence-corrected chi connectivity index (χ3v) is 7.28. The fourth-order valence-electron chi connectivity index (χ4n) is 3.90. The zero-order valence-electron chi connectivity index (χ0n) is 16.0. The number of amides is 1. The zero-order valence-corrected chi connectivity index (χ0v) is 19.7. The highest BCUT2D eigenvalue weighted by Crippen LogP contribution is 2.51. The van der Waals surface area contributed by atoms with Crippen LogP contribution in [0.4, 0.5) is 5.69 Å². The van der Waals surface area contributed by atoms with Gasteiger partial charge in [-0.3, -0.25) is 4.79 Å². The Morgan fingerprint density at radius 3 is 2.48 bits per heavy atom. The van der Waals surface area contributed by atoms with Crippen LogP contribution in [0.1, 0.15) is 43.6 Å². The number of benzene rings is 2. The zero-order chi connectivity index (χ0) is 20.8. The van der Waals surface area contributed by atoms with Gasteiger partial charge in [-0.05, 0) is 58.5 Å². The average Bonchev–Trinajstić information content (AvgIpc) is 3.28. The van der Waals surface area contributed by atoms with Crippen molar-refractivity contribution in [2.45, 2.75) is 35.8 Å². The molecule has 1 saturated heterocycles. The van der Waals surface area contributed by atoms with Gasteiger partial charge in [-0.25, -0.2) is 4.98 Å². The first-order valence-corrected chi connectivity index (χ1v) is 11.2. The molecule has 150 valence electrons. The summed E-state index contributed by atoms with van der Waals surface area (Å²) in [6.07, 6.45) is 4.24. The van der Waals surface area contributed by atoms with E-state index in [9.17, 15) is 4.79 Å². The van der Waals surface area contributed by atoms with E-state index >= 15 is 0 Å². The second kappa shape index (κ2) is 7.93. The second-order valence-electron chi connectivity index (χ2n) is 7.46. The van der Waals surface area contributed by atoms with Crippen LogP contribution in [0.2, 0.25) is 10.0 Å². The molecule has 0 radical (unpaired) electrons. The van der Waals surface area contributed by atoms with E-state index in [1.807, 2.05) is 52.1 Å². The molecule has 1 aliphatic heterocycles. The van der Waals surface area contributed by atoms with Crippen molar-refractivity contribution in [2.75, 3.05) is 4.90 Å². The van der Waals surface area contributed by atoms with E-state index in [-0.39, 0.29) is 17.9 Å². The van der Waals surface area contributed by atoms with E-state index in [2.05, 4.69) is 41.4 Å². The number of hydrogen-bond acceptors (Lipinski definition) is 2. The maximum atomic E-state index is 13.9. The lowest BCUT2D eigenvalue weighted by atomic mass is 10.0. The molecule has 1 fully saturated rings. The van der Waals surface area contributed by atoms with E-state index < -0.39 is 3.55 Å². The molecule has 0 unspecified atom stereocenters. The highest BCUT2D eigenvalue weighted by Gasteiger charge is 2.53. The van der Waals surface area contributed by atoms with Crippen LogP contribution < -0.4 is 4.90 Å². The average molecular weight is 540 g/mol. The van der Waals surface area contributed by atoms with Crippen molar-refractivity contribution >= 4 is 57.4 Å². The largest absolute Gasteiger partial charge is 0.311 e. The number of imidazole rings is 1. The Balaban J connectivity index is 1.87. The smallest absolute Gasteiger partial charge is 0.264 e. The first kappa shape index (κ1) is 20.7. The molecule has 0 bridgehead atoms. The van der Waals surface area contributed by atoms with Gasteiger partial charge in [0.25, 0.3) is 5.91 Å². The summed E-state index contributed by atoms with van der Waals surface area (Å²) in [5.41, 5.74) is 1.73. The third-order valence-electron chi connectivity index (χ3n) is 5.26. The van der Waals surface area contributed by atoms with Crippen molar-refractivity contribution in [1.29, 1.82) is 0 Å². The number of carbonyl (C=O) groups is 1. The highest BCUT2D eigenvalue weighted by molar-refractivity contribution is 14.1. The molecule has 2 aromatic carbocycles. The minimum atomic E-state index is -0.794. The molecule has 3 aromatic rings. The molecule has 1 aromatic heterocycles. The van der Waals surface area contributed by atoms with Crippen LogP contribution in [0.15, 0.2) is 60.9 Å². The number of halogens is 3. The topological polar surface area (TPSA) is 38.1 Å². The molecule has 1 amide bonds. The number of aromatic nitrogens is 2. The van der Waals surface area contributed by atoms with Crippen LogP contribution >= 0.6 is 45.8 Å². The Morgan fingerprint density at radius 2 is 1.83 bits per heavy atom. The molecule has 2 heterocycles. The maximum Gasteiger partial charge on any atom is 0.264 e. The molecule has 2 atom stereocenters. The first-order valence-electron chi connectivity index (χ1n) is 9.39. The Labute approximate surface area is 194 Å². The molecular weight excluding hydrogens is 520 g/mol. The summed E-state index contributed by atoms with van der Waals surface area (Å²) < 4.78 is 1.22. The maximum absolute atomic E-state index is 13.9. The number of nitrogens with zero attached hydrogens (tertiary/aromatic N) is 3. The SMILES string of the molecule is CC(C)c1nccn1[C@@]1(I)C[C@H](c2ccccc2Cl)N(c2ccc(Cl)cc2)C1=O. The first-order chi connectivity index (χ1) is 13.8. The van der Waals surface area contributed by atoms with Gasteiger partial charge in [-0.2, -0.15) is 0 Å². The predicted octanol–water partition coefficient (Wildman–Crippen LogP) is 6.58. The Kier molecular flexibility index (Phi) is 5.66. The number of alkyl halides is 1.